The van der Waals surface area contributed by atoms with Crippen molar-refractivity contribution in [3.63, 3.8) is 0 Å². The van der Waals surface area contributed by atoms with E-state index in [-0.39, 0.29) is 11.7 Å². The van der Waals surface area contributed by atoms with Crippen LogP contribution in [0, 0.1) is 0 Å². The molecule has 1 amide bonds. The first-order valence-electron chi connectivity index (χ1n) is 13.1. The number of rotatable bonds is 14. The summed E-state index contributed by atoms with van der Waals surface area (Å²) in [6.45, 7) is 2.26. The molecule has 8 nitrogen and oxygen atoms in total. The molecule has 8 heteroatoms. The maximum absolute atomic E-state index is 12.8. The minimum Gasteiger partial charge on any atom is -0.497 e. The Morgan fingerprint density at radius 2 is 1.48 bits per heavy atom. The van der Waals surface area contributed by atoms with Crippen molar-refractivity contribution in [2.45, 2.75) is 26.1 Å². The Kier molecular flexibility index (Phi) is 10.1. The molecule has 3 aromatic carbocycles. The number of carbonyl (C=O) groups excluding carboxylic acids is 1. The Morgan fingerprint density at radius 1 is 0.725 bits per heavy atom. The molecule has 0 unspecified atom stereocenters. The van der Waals surface area contributed by atoms with Crippen LogP contribution < -0.4 is 24.3 Å². The van der Waals surface area contributed by atoms with E-state index < -0.39 is 0 Å². The molecule has 0 fully saturated rings. The first kappa shape index (κ1) is 28.6. The highest BCUT2D eigenvalue weighted by molar-refractivity contribution is 5.91. The van der Waals surface area contributed by atoms with Gasteiger partial charge in [-0.05, 0) is 60.0 Å². The van der Waals surface area contributed by atoms with E-state index in [0.29, 0.717) is 49.9 Å². The summed E-state index contributed by atoms with van der Waals surface area (Å²) in [6, 6.07) is 25.3. The summed E-state index contributed by atoms with van der Waals surface area (Å²) in [7, 11) is 6.52. The van der Waals surface area contributed by atoms with Crippen LogP contribution in [0.15, 0.2) is 83.3 Å². The summed E-state index contributed by atoms with van der Waals surface area (Å²) < 4.78 is 27.7. The van der Waals surface area contributed by atoms with Gasteiger partial charge < -0.3 is 28.7 Å². The van der Waals surface area contributed by atoms with Crippen molar-refractivity contribution in [2.75, 3.05) is 35.0 Å². The van der Waals surface area contributed by atoms with Gasteiger partial charge in [-0.15, -0.1) is 0 Å². The van der Waals surface area contributed by atoms with E-state index in [2.05, 4.69) is 22.3 Å². The molecule has 4 rings (SSSR count). The molecule has 0 saturated heterocycles. The van der Waals surface area contributed by atoms with E-state index in [1.807, 2.05) is 60.7 Å². The Morgan fingerprint density at radius 3 is 2.20 bits per heavy atom. The van der Waals surface area contributed by atoms with Crippen LogP contribution in [0.3, 0.4) is 0 Å². The lowest BCUT2D eigenvalue weighted by Crippen LogP contribution is -2.25. The van der Waals surface area contributed by atoms with E-state index in [4.69, 9.17) is 23.4 Å². The third kappa shape index (κ3) is 7.57. The minimum absolute atomic E-state index is 0.254. The van der Waals surface area contributed by atoms with Crippen molar-refractivity contribution in [3.8, 4) is 23.0 Å². The molecule has 1 N–H and O–H groups in total. The van der Waals surface area contributed by atoms with Gasteiger partial charge in [0, 0.05) is 25.2 Å². The Hall–Kier alpha value is -4.43. The van der Waals surface area contributed by atoms with E-state index in [9.17, 15) is 4.79 Å². The van der Waals surface area contributed by atoms with Gasteiger partial charge in [-0.3, -0.25) is 9.69 Å². The smallest absolute Gasteiger partial charge is 0.287 e. The molecule has 4 aromatic rings. The second-order valence-corrected chi connectivity index (χ2v) is 9.27. The van der Waals surface area contributed by atoms with Crippen LogP contribution in [0.25, 0.3) is 0 Å². The summed E-state index contributed by atoms with van der Waals surface area (Å²) in [5, 5.41) is 2.94. The van der Waals surface area contributed by atoms with Gasteiger partial charge in [0.2, 0.25) is 0 Å². The fourth-order valence-corrected chi connectivity index (χ4v) is 4.50. The van der Waals surface area contributed by atoms with Gasteiger partial charge in [-0.1, -0.05) is 36.4 Å². The number of benzene rings is 3. The second-order valence-electron chi connectivity index (χ2n) is 9.27. The average molecular weight is 545 g/mol. The number of hydrogen-bond acceptors (Lipinski definition) is 7. The molecule has 0 spiro atoms. The normalized spacial score (nSPS) is 10.8. The van der Waals surface area contributed by atoms with E-state index in [1.165, 1.54) is 5.56 Å². The lowest BCUT2D eigenvalue weighted by molar-refractivity contribution is 0.0922. The van der Waals surface area contributed by atoms with Gasteiger partial charge in [0.05, 0.1) is 35.0 Å². The Balaban J connectivity index is 1.41. The van der Waals surface area contributed by atoms with Gasteiger partial charge in [0.15, 0.2) is 17.3 Å². The summed E-state index contributed by atoms with van der Waals surface area (Å²) in [4.78, 5) is 15.0. The zero-order valence-corrected chi connectivity index (χ0v) is 23.4. The summed E-state index contributed by atoms with van der Waals surface area (Å²) >= 11 is 0. The Labute approximate surface area is 235 Å². The molecule has 40 heavy (non-hydrogen) atoms. The van der Waals surface area contributed by atoms with Crippen molar-refractivity contribution in [1.82, 2.24) is 10.2 Å². The topological polar surface area (TPSA) is 82.4 Å². The van der Waals surface area contributed by atoms with E-state index in [1.54, 1.807) is 34.5 Å². The number of nitrogens with one attached hydrogen (secondary N) is 1. The molecule has 1 aromatic heterocycles. The third-order valence-corrected chi connectivity index (χ3v) is 6.54. The van der Waals surface area contributed by atoms with Crippen molar-refractivity contribution in [3.05, 3.63) is 107 Å². The molecule has 0 saturated carbocycles. The maximum Gasteiger partial charge on any atom is 0.287 e. The highest BCUT2D eigenvalue weighted by atomic mass is 16.5. The van der Waals surface area contributed by atoms with Gasteiger partial charge >= 0.3 is 0 Å². The van der Waals surface area contributed by atoms with Gasteiger partial charge in [-0.25, -0.2) is 0 Å². The number of furan rings is 1. The molecule has 1 heterocycles. The second kappa shape index (κ2) is 14.1. The van der Waals surface area contributed by atoms with Crippen molar-refractivity contribution < 1.29 is 28.2 Å². The molecule has 0 aliphatic carbocycles. The van der Waals surface area contributed by atoms with Crippen molar-refractivity contribution in [2.24, 2.45) is 0 Å². The number of amides is 1. The van der Waals surface area contributed by atoms with Crippen molar-refractivity contribution >= 4 is 5.91 Å². The fraction of sp³-hybridized carbons (Fsp3) is 0.281. The lowest BCUT2D eigenvalue weighted by atomic mass is 10.1. The zero-order valence-electron chi connectivity index (χ0n) is 23.4. The van der Waals surface area contributed by atoms with Gasteiger partial charge in [-0.2, -0.15) is 0 Å². The third-order valence-electron chi connectivity index (χ3n) is 6.54. The molecule has 0 radical (unpaired) electrons. The van der Waals surface area contributed by atoms with Gasteiger partial charge in [0.1, 0.15) is 17.3 Å². The lowest BCUT2D eigenvalue weighted by Gasteiger charge is -2.23. The standard InChI is InChI=1S/C32H36N2O6/c1-36-26-11-14-28(37-2)25(19-26)21-34(20-24-8-6-5-7-9-24)22-27-12-15-30(40-27)32(35)33-17-16-23-10-13-29(38-3)31(18-23)39-4/h5-15,18-19H,16-17,20-22H2,1-4H3,(H,33,35). The molecule has 0 aliphatic rings. The fourth-order valence-electron chi connectivity index (χ4n) is 4.50. The number of methoxy groups -OCH3 is 4. The van der Waals surface area contributed by atoms with Crippen LogP contribution >= 0.6 is 0 Å². The van der Waals surface area contributed by atoms with Crippen LogP contribution in [-0.4, -0.2) is 45.8 Å². The molecule has 0 bridgehead atoms. The minimum atomic E-state index is -0.254. The molecule has 0 atom stereocenters. The quantitative estimate of drug-likeness (QED) is 0.225. The van der Waals surface area contributed by atoms with E-state index in [0.717, 1.165) is 22.6 Å². The zero-order chi connectivity index (χ0) is 28.3. The van der Waals surface area contributed by atoms with Gasteiger partial charge in [0.25, 0.3) is 5.91 Å². The monoisotopic (exact) mass is 544 g/mol. The SMILES string of the molecule is COc1ccc(OC)c(CN(Cc2ccccc2)Cc2ccc(C(=O)NCCc3ccc(OC)c(OC)c3)o2)c1. The van der Waals surface area contributed by atoms with Crippen LogP contribution in [-0.2, 0) is 26.1 Å². The predicted molar refractivity (Wildman–Crippen MR) is 153 cm³/mol. The van der Waals surface area contributed by atoms with E-state index >= 15 is 0 Å². The van der Waals surface area contributed by atoms with Crippen LogP contribution in [0.4, 0.5) is 0 Å². The molecule has 210 valence electrons. The van der Waals surface area contributed by atoms with Crippen LogP contribution in [0.2, 0.25) is 0 Å². The van der Waals surface area contributed by atoms with Crippen molar-refractivity contribution in [1.29, 1.82) is 0 Å². The first-order chi connectivity index (χ1) is 19.5. The number of ether oxygens (including phenoxy) is 4. The summed E-state index contributed by atoms with van der Waals surface area (Å²) in [5.41, 5.74) is 3.20. The predicted octanol–water partition coefficient (Wildman–Crippen LogP) is 5.49. The number of nitrogens with zero attached hydrogens (tertiary/aromatic N) is 1. The largest absolute Gasteiger partial charge is 0.497 e. The average Bonchev–Trinajstić information content (AvgIpc) is 3.46. The number of hydrogen-bond donors (Lipinski definition) is 1. The number of carbonyl (C=O) groups is 1. The maximum atomic E-state index is 12.8. The molecule has 0 aliphatic heterocycles. The summed E-state index contributed by atoms with van der Waals surface area (Å²) in [6.07, 6.45) is 0.646. The van der Waals surface area contributed by atoms with Crippen LogP contribution in [0.1, 0.15) is 33.0 Å². The summed E-state index contributed by atoms with van der Waals surface area (Å²) in [5.74, 6) is 3.60. The highest BCUT2D eigenvalue weighted by Gasteiger charge is 2.17. The van der Waals surface area contributed by atoms with Crippen LogP contribution in [0.5, 0.6) is 23.0 Å². The highest BCUT2D eigenvalue weighted by Crippen LogP contribution is 2.28. The molecular weight excluding hydrogens is 508 g/mol. The molecular formula is C32H36N2O6. The Bertz CT molecular complexity index is 1390. The first-order valence-corrected chi connectivity index (χ1v) is 13.1.